The first-order chi connectivity index (χ1) is 19.1. The standard InChI is InChI=1S/C29H37N5O6/c1-29(2,3)34(14-11-32-26(35)8-6-20-5-7-25(38-4)31-27(20)32)12-9-22(10-13-34)33(28(36)37)19-21-17-23-24(18-30-21)40-16-15-39-23/h5-8,17-18,22H,9-16,19H2,1-4H3/p+1. The molecule has 0 atom stereocenters. The molecule has 5 rings (SSSR count). The van der Waals surface area contributed by atoms with Gasteiger partial charge in [0, 0.05) is 42.5 Å². The maximum atomic E-state index is 12.9. The Bertz CT molecular complexity index is 1440. The number of ether oxygens (including phenoxy) is 3. The smallest absolute Gasteiger partial charge is 0.407 e. The summed E-state index contributed by atoms with van der Waals surface area (Å²) in [7, 11) is 1.56. The average Bonchev–Trinajstić information content (AvgIpc) is 2.94. The number of carboxylic acid groups (broad SMARTS) is 1. The van der Waals surface area contributed by atoms with Gasteiger partial charge >= 0.3 is 6.09 Å². The summed E-state index contributed by atoms with van der Waals surface area (Å²) < 4.78 is 19.0. The van der Waals surface area contributed by atoms with Gasteiger partial charge in [-0.25, -0.2) is 4.79 Å². The Balaban J connectivity index is 1.33. The van der Waals surface area contributed by atoms with Gasteiger partial charge in [0.2, 0.25) is 5.88 Å². The fraction of sp³-hybridized carbons (Fsp3) is 0.517. The number of hydrogen-bond donors (Lipinski definition) is 1. The number of likely N-dealkylation sites (tertiary alicyclic amines) is 1. The van der Waals surface area contributed by atoms with Crippen molar-refractivity contribution in [2.75, 3.05) is 40.0 Å². The number of pyridine rings is 3. The Hall–Kier alpha value is -3.86. The van der Waals surface area contributed by atoms with Crippen molar-refractivity contribution in [3.8, 4) is 17.4 Å². The Morgan fingerprint density at radius 3 is 2.52 bits per heavy atom. The van der Waals surface area contributed by atoms with Crippen LogP contribution in [0.15, 0.2) is 41.3 Å². The molecule has 1 amide bonds. The van der Waals surface area contributed by atoms with Crippen LogP contribution < -0.4 is 19.8 Å². The molecule has 2 aliphatic heterocycles. The molecular formula is C29H38N5O6+. The van der Waals surface area contributed by atoms with Crippen LogP contribution in [0.5, 0.6) is 17.4 Å². The van der Waals surface area contributed by atoms with E-state index in [1.54, 1.807) is 42.1 Å². The number of methoxy groups -OCH3 is 1. The second-order valence-corrected chi connectivity index (χ2v) is 11.5. The average molecular weight is 553 g/mol. The van der Waals surface area contributed by atoms with E-state index < -0.39 is 6.09 Å². The number of nitrogens with zero attached hydrogens (tertiary/aromatic N) is 5. The zero-order valence-electron chi connectivity index (χ0n) is 23.6. The van der Waals surface area contributed by atoms with E-state index in [0.717, 1.165) is 29.5 Å². The topological polar surface area (TPSA) is 116 Å². The van der Waals surface area contributed by atoms with E-state index in [9.17, 15) is 14.7 Å². The minimum Gasteiger partial charge on any atom is -0.486 e. The van der Waals surface area contributed by atoms with Gasteiger partial charge < -0.3 is 23.8 Å². The molecule has 0 spiro atoms. The predicted octanol–water partition coefficient (Wildman–Crippen LogP) is 3.53. The fourth-order valence-electron chi connectivity index (χ4n) is 5.96. The highest BCUT2D eigenvalue weighted by atomic mass is 16.6. The molecule has 3 aromatic rings. The molecule has 11 heteroatoms. The van der Waals surface area contributed by atoms with Crippen molar-refractivity contribution in [1.29, 1.82) is 0 Å². The van der Waals surface area contributed by atoms with Crippen molar-refractivity contribution < 1.29 is 28.6 Å². The normalized spacial score (nSPS) is 20.8. The summed E-state index contributed by atoms with van der Waals surface area (Å²) in [6, 6.07) is 8.71. The number of carbonyl (C=O) groups is 1. The lowest BCUT2D eigenvalue weighted by Gasteiger charge is -2.53. The third kappa shape index (κ3) is 5.42. The molecule has 2 aliphatic rings. The van der Waals surface area contributed by atoms with Crippen molar-refractivity contribution in [1.82, 2.24) is 19.4 Å². The number of amides is 1. The minimum atomic E-state index is -0.959. The van der Waals surface area contributed by atoms with E-state index in [0.29, 0.717) is 61.3 Å². The van der Waals surface area contributed by atoms with Crippen LogP contribution in [0.1, 0.15) is 39.3 Å². The number of piperidine rings is 1. The lowest BCUT2D eigenvalue weighted by atomic mass is 9.92. The van der Waals surface area contributed by atoms with Crippen molar-refractivity contribution in [2.45, 2.75) is 58.3 Å². The maximum Gasteiger partial charge on any atom is 0.407 e. The monoisotopic (exact) mass is 552 g/mol. The number of fused-ring (bicyclic) bond motifs is 2. The van der Waals surface area contributed by atoms with E-state index in [1.807, 2.05) is 6.07 Å². The van der Waals surface area contributed by atoms with Crippen LogP contribution in [-0.2, 0) is 13.1 Å². The van der Waals surface area contributed by atoms with Crippen LogP contribution in [0.3, 0.4) is 0 Å². The molecule has 0 unspecified atom stereocenters. The van der Waals surface area contributed by atoms with Crippen molar-refractivity contribution in [3.63, 3.8) is 0 Å². The molecular weight excluding hydrogens is 514 g/mol. The third-order valence-electron chi connectivity index (χ3n) is 8.48. The summed E-state index contributed by atoms with van der Waals surface area (Å²) in [6.45, 7) is 10.6. The summed E-state index contributed by atoms with van der Waals surface area (Å²) in [5.41, 5.74) is 1.04. The van der Waals surface area contributed by atoms with Crippen molar-refractivity contribution >= 4 is 17.1 Å². The van der Waals surface area contributed by atoms with Gasteiger partial charge in [0.05, 0.1) is 57.3 Å². The molecule has 1 fully saturated rings. The molecule has 0 aliphatic carbocycles. The van der Waals surface area contributed by atoms with Gasteiger partial charge in [-0.15, -0.1) is 0 Å². The van der Waals surface area contributed by atoms with Crippen molar-refractivity contribution in [2.24, 2.45) is 0 Å². The largest absolute Gasteiger partial charge is 0.486 e. The first-order valence-corrected chi connectivity index (χ1v) is 13.8. The van der Waals surface area contributed by atoms with Crippen LogP contribution in [0.25, 0.3) is 11.0 Å². The highest BCUT2D eigenvalue weighted by Gasteiger charge is 2.45. The van der Waals surface area contributed by atoms with Crippen LogP contribution in [0.4, 0.5) is 4.79 Å². The quantitative estimate of drug-likeness (QED) is 0.443. The van der Waals surface area contributed by atoms with Gasteiger partial charge in [0.25, 0.3) is 5.56 Å². The summed E-state index contributed by atoms with van der Waals surface area (Å²) in [4.78, 5) is 35.8. The third-order valence-corrected chi connectivity index (χ3v) is 8.48. The molecule has 214 valence electrons. The molecule has 5 heterocycles. The molecule has 3 aromatic heterocycles. The van der Waals surface area contributed by atoms with Crippen LogP contribution in [0.2, 0.25) is 0 Å². The van der Waals surface area contributed by atoms with Gasteiger partial charge in [-0.1, -0.05) is 0 Å². The first kappa shape index (κ1) is 27.7. The summed E-state index contributed by atoms with van der Waals surface area (Å²) in [6.07, 6.45) is 2.07. The number of aromatic nitrogens is 3. The molecule has 0 saturated carbocycles. The van der Waals surface area contributed by atoms with Gasteiger partial charge in [0.1, 0.15) is 18.9 Å². The number of quaternary nitrogens is 1. The Labute approximate surface area is 233 Å². The van der Waals surface area contributed by atoms with E-state index in [2.05, 4.69) is 30.7 Å². The predicted molar refractivity (Wildman–Crippen MR) is 149 cm³/mol. The lowest BCUT2D eigenvalue weighted by Crippen LogP contribution is -2.66. The Kier molecular flexibility index (Phi) is 7.59. The Morgan fingerprint density at radius 2 is 1.85 bits per heavy atom. The van der Waals surface area contributed by atoms with E-state index >= 15 is 0 Å². The second kappa shape index (κ2) is 11.0. The van der Waals surface area contributed by atoms with E-state index in [-0.39, 0.29) is 23.7 Å². The second-order valence-electron chi connectivity index (χ2n) is 11.5. The molecule has 1 N–H and O–H groups in total. The van der Waals surface area contributed by atoms with Gasteiger partial charge in [0.15, 0.2) is 11.5 Å². The summed E-state index contributed by atoms with van der Waals surface area (Å²) >= 11 is 0. The zero-order valence-corrected chi connectivity index (χ0v) is 23.6. The molecule has 0 radical (unpaired) electrons. The summed E-state index contributed by atoms with van der Waals surface area (Å²) in [5.74, 6) is 1.65. The maximum absolute atomic E-state index is 12.9. The lowest BCUT2D eigenvalue weighted by molar-refractivity contribution is -0.975. The van der Waals surface area contributed by atoms with Crippen LogP contribution in [-0.4, -0.2) is 86.7 Å². The Morgan fingerprint density at radius 1 is 1.15 bits per heavy atom. The summed E-state index contributed by atoms with van der Waals surface area (Å²) in [5, 5.41) is 11.0. The fourth-order valence-corrected chi connectivity index (χ4v) is 5.96. The van der Waals surface area contributed by atoms with Gasteiger partial charge in [-0.05, 0) is 32.9 Å². The SMILES string of the molecule is COc1ccc2ccc(=O)n(CC[N+]3(C(C)(C)C)CCC(N(Cc4cc5c(cn4)OCCO5)C(=O)O)CC3)c2n1. The van der Waals surface area contributed by atoms with E-state index in [4.69, 9.17) is 14.2 Å². The van der Waals surface area contributed by atoms with Crippen molar-refractivity contribution in [3.05, 3.63) is 52.6 Å². The number of rotatable bonds is 7. The van der Waals surface area contributed by atoms with Gasteiger partial charge in [-0.2, -0.15) is 4.98 Å². The van der Waals surface area contributed by atoms with Gasteiger partial charge in [-0.3, -0.25) is 19.2 Å². The minimum absolute atomic E-state index is 0.0980. The first-order valence-electron chi connectivity index (χ1n) is 13.8. The zero-order chi connectivity index (χ0) is 28.5. The van der Waals surface area contributed by atoms with E-state index in [1.165, 1.54) is 4.90 Å². The highest BCUT2D eigenvalue weighted by molar-refractivity contribution is 5.75. The molecule has 0 bridgehead atoms. The molecule has 1 saturated heterocycles. The highest BCUT2D eigenvalue weighted by Crippen LogP contribution is 2.34. The van der Waals surface area contributed by atoms with Crippen LogP contribution >= 0.6 is 0 Å². The number of hydrogen-bond acceptors (Lipinski definition) is 7. The molecule has 40 heavy (non-hydrogen) atoms. The van der Waals surface area contributed by atoms with Crippen LogP contribution in [0, 0.1) is 0 Å². The molecule has 0 aromatic carbocycles. The molecule has 11 nitrogen and oxygen atoms in total.